The zero-order chi connectivity index (χ0) is 16.9. The fourth-order valence-electron chi connectivity index (χ4n) is 2.95. The van der Waals surface area contributed by atoms with Crippen LogP contribution in [0.5, 0.6) is 0 Å². The van der Waals surface area contributed by atoms with Crippen molar-refractivity contribution in [1.82, 2.24) is 20.2 Å². The number of rotatable bonds is 5. The van der Waals surface area contributed by atoms with Crippen LogP contribution < -0.4 is 10.2 Å². The molecule has 1 saturated heterocycles. The summed E-state index contributed by atoms with van der Waals surface area (Å²) in [4.78, 5) is 11.2. The summed E-state index contributed by atoms with van der Waals surface area (Å²) in [5.41, 5.74) is 2.00. The molecule has 0 radical (unpaired) electrons. The van der Waals surface area contributed by atoms with Crippen LogP contribution in [0, 0.1) is 0 Å². The lowest BCUT2D eigenvalue weighted by Crippen LogP contribution is -2.30. The van der Waals surface area contributed by atoms with Crippen LogP contribution >= 0.6 is 11.3 Å². The first-order valence-electron chi connectivity index (χ1n) is 8.57. The van der Waals surface area contributed by atoms with Gasteiger partial charge in [0.05, 0.1) is 5.69 Å². The van der Waals surface area contributed by atoms with Crippen LogP contribution in [0.1, 0.15) is 30.0 Å². The van der Waals surface area contributed by atoms with Gasteiger partial charge in [-0.2, -0.15) is 0 Å². The molecule has 4 rings (SSSR count). The van der Waals surface area contributed by atoms with Crippen molar-refractivity contribution in [2.45, 2.75) is 25.7 Å². The van der Waals surface area contributed by atoms with E-state index in [1.165, 1.54) is 19.3 Å². The Labute approximate surface area is 151 Å². The molecule has 0 aliphatic carbocycles. The number of nitrogens with one attached hydrogen (secondary N) is 1. The second-order valence-electron chi connectivity index (χ2n) is 6.08. The monoisotopic (exact) mass is 352 g/mol. The number of benzene rings is 1. The number of nitrogens with zero attached hydrogens (tertiary/aromatic N) is 5. The van der Waals surface area contributed by atoms with Crippen molar-refractivity contribution < 1.29 is 0 Å². The Morgan fingerprint density at radius 1 is 1.00 bits per heavy atom. The molecule has 0 saturated carbocycles. The van der Waals surface area contributed by atoms with E-state index in [2.05, 4.69) is 36.4 Å². The van der Waals surface area contributed by atoms with E-state index >= 15 is 0 Å². The van der Waals surface area contributed by atoms with E-state index in [0.29, 0.717) is 6.42 Å². The zero-order valence-electron chi connectivity index (χ0n) is 13.9. The molecule has 0 amide bonds. The van der Waals surface area contributed by atoms with E-state index in [4.69, 9.17) is 0 Å². The van der Waals surface area contributed by atoms with Crippen LogP contribution in [0.4, 0.5) is 16.6 Å². The first-order chi connectivity index (χ1) is 12.4. The van der Waals surface area contributed by atoms with Gasteiger partial charge in [-0.25, -0.2) is 9.97 Å². The van der Waals surface area contributed by atoms with Crippen LogP contribution in [0.2, 0.25) is 0 Å². The van der Waals surface area contributed by atoms with Gasteiger partial charge in [0.15, 0.2) is 0 Å². The smallest absolute Gasteiger partial charge is 0.210 e. The first-order valence-corrected chi connectivity index (χ1v) is 9.39. The average Bonchev–Trinajstić information content (AvgIpc) is 3.10. The molecule has 1 N–H and O–H groups in total. The second-order valence-corrected chi connectivity index (χ2v) is 7.15. The fourth-order valence-corrected chi connectivity index (χ4v) is 3.73. The van der Waals surface area contributed by atoms with Gasteiger partial charge in [0.2, 0.25) is 5.13 Å². The Morgan fingerprint density at radius 3 is 2.68 bits per heavy atom. The highest BCUT2D eigenvalue weighted by atomic mass is 32.1. The quantitative estimate of drug-likeness (QED) is 0.756. The third kappa shape index (κ3) is 4.11. The number of hydrogen-bond donors (Lipinski definition) is 1. The third-order valence-corrected chi connectivity index (χ3v) is 5.05. The predicted octanol–water partition coefficient (Wildman–Crippen LogP) is 3.65. The molecule has 7 heteroatoms. The Morgan fingerprint density at radius 2 is 1.84 bits per heavy atom. The van der Waals surface area contributed by atoms with Crippen molar-refractivity contribution in [3.63, 3.8) is 0 Å². The van der Waals surface area contributed by atoms with E-state index in [-0.39, 0.29) is 0 Å². The molecule has 2 aromatic heterocycles. The molecule has 1 aliphatic rings. The highest BCUT2D eigenvalue weighted by Gasteiger charge is 2.13. The standard InChI is InChI=1S/C18H20N6S/c1-3-7-14(8-4-1)21-18-23-22-17(25-18)12-15-11-16(20-13-19-15)24-9-5-2-6-10-24/h1,3-4,7-8,11,13H,2,5-6,9-10,12H2,(H,21,23). The molecule has 128 valence electrons. The van der Waals surface area contributed by atoms with E-state index in [1.807, 2.05) is 30.3 Å². The van der Waals surface area contributed by atoms with Crippen molar-refractivity contribution >= 4 is 28.0 Å². The predicted molar refractivity (Wildman–Crippen MR) is 101 cm³/mol. The van der Waals surface area contributed by atoms with Crippen LogP contribution in [0.25, 0.3) is 0 Å². The zero-order valence-corrected chi connectivity index (χ0v) is 14.7. The van der Waals surface area contributed by atoms with Gasteiger partial charge in [0.1, 0.15) is 17.2 Å². The molecule has 1 aliphatic heterocycles. The number of para-hydroxylation sites is 1. The normalized spacial score (nSPS) is 14.5. The molecule has 0 atom stereocenters. The van der Waals surface area contributed by atoms with Crippen molar-refractivity contribution in [2.75, 3.05) is 23.3 Å². The van der Waals surface area contributed by atoms with Gasteiger partial charge in [0.25, 0.3) is 0 Å². The summed E-state index contributed by atoms with van der Waals surface area (Å²) >= 11 is 1.56. The van der Waals surface area contributed by atoms with E-state index in [9.17, 15) is 0 Å². The summed E-state index contributed by atoms with van der Waals surface area (Å²) in [6, 6.07) is 12.1. The van der Waals surface area contributed by atoms with Gasteiger partial charge < -0.3 is 10.2 Å². The van der Waals surface area contributed by atoms with Crippen LogP contribution in [0.3, 0.4) is 0 Å². The van der Waals surface area contributed by atoms with Crippen LogP contribution in [-0.2, 0) is 6.42 Å². The summed E-state index contributed by atoms with van der Waals surface area (Å²) in [7, 11) is 0. The van der Waals surface area contributed by atoms with E-state index in [0.717, 1.165) is 40.4 Å². The highest BCUT2D eigenvalue weighted by molar-refractivity contribution is 7.15. The minimum Gasteiger partial charge on any atom is -0.357 e. The third-order valence-electron chi connectivity index (χ3n) is 4.21. The Bertz CT molecular complexity index is 813. The topological polar surface area (TPSA) is 66.8 Å². The lowest BCUT2D eigenvalue weighted by atomic mass is 10.1. The van der Waals surface area contributed by atoms with Crippen LogP contribution in [-0.4, -0.2) is 33.3 Å². The molecule has 1 aromatic carbocycles. The molecule has 0 bridgehead atoms. The minimum atomic E-state index is 0.678. The lowest BCUT2D eigenvalue weighted by Gasteiger charge is -2.27. The maximum atomic E-state index is 4.44. The molecular weight excluding hydrogens is 332 g/mol. The van der Waals surface area contributed by atoms with Gasteiger partial charge in [-0.15, -0.1) is 10.2 Å². The molecule has 3 aromatic rings. The molecule has 25 heavy (non-hydrogen) atoms. The molecule has 0 unspecified atom stereocenters. The van der Waals surface area contributed by atoms with Gasteiger partial charge in [0, 0.05) is 31.3 Å². The number of anilines is 3. The highest BCUT2D eigenvalue weighted by Crippen LogP contribution is 2.23. The van der Waals surface area contributed by atoms with E-state index < -0.39 is 0 Å². The summed E-state index contributed by atoms with van der Waals surface area (Å²) in [6.45, 7) is 2.17. The Kier molecular flexibility index (Phi) is 4.83. The SMILES string of the molecule is c1ccc(Nc2nnc(Cc3cc(N4CCCCC4)ncn3)s2)cc1. The van der Waals surface area contributed by atoms with Crippen molar-refractivity contribution in [3.05, 3.63) is 53.4 Å². The van der Waals surface area contributed by atoms with Crippen molar-refractivity contribution in [3.8, 4) is 0 Å². The van der Waals surface area contributed by atoms with Gasteiger partial charge in [-0.3, -0.25) is 0 Å². The molecule has 0 spiro atoms. The van der Waals surface area contributed by atoms with Crippen molar-refractivity contribution in [1.29, 1.82) is 0 Å². The molecule has 6 nitrogen and oxygen atoms in total. The summed E-state index contributed by atoms with van der Waals surface area (Å²) < 4.78 is 0. The second kappa shape index (κ2) is 7.57. The summed E-state index contributed by atoms with van der Waals surface area (Å²) in [5, 5.41) is 13.5. The summed E-state index contributed by atoms with van der Waals surface area (Å²) in [6.07, 6.45) is 6.13. The molecular formula is C18H20N6S. The van der Waals surface area contributed by atoms with Crippen molar-refractivity contribution in [2.24, 2.45) is 0 Å². The first kappa shape index (κ1) is 16.0. The van der Waals surface area contributed by atoms with Crippen LogP contribution in [0.15, 0.2) is 42.7 Å². The maximum Gasteiger partial charge on any atom is 0.210 e. The Balaban J connectivity index is 1.44. The minimum absolute atomic E-state index is 0.678. The maximum absolute atomic E-state index is 4.44. The number of hydrogen-bond acceptors (Lipinski definition) is 7. The average molecular weight is 352 g/mol. The van der Waals surface area contributed by atoms with Gasteiger partial charge in [-0.1, -0.05) is 29.5 Å². The molecule has 3 heterocycles. The largest absolute Gasteiger partial charge is 0.357 e. The molecule has 1 fully saturated rings. The Hall–Kier alpha value is -2.54. The summed E-state index contributed by atoms with van der Waals surface area (Å²) in [5.74, 6) is 1.02. The fraction of sp³-hybridized carbons (Fsp3) is 0.333. The van der Waals surface area contributed by atoms with Gasteiger partial charge in [-0.05, 0) is 31.4 Å². The van der Waals surface area contributed by atoms with E-state index in [1.54, 1.807) is 17.7 Å². The number of aromatic nitrogens is 4. The lowest BCUT2D eigenvalue weighted by molar-refractivity contribution is 0.572. The number of piperidine rings is 1. The van der Waals surface area contributed by atoms with Gasteiger partial charge >= 0.3 is 0 Å².